The first-order chi connectivity index (χ1) is 9.49. The lowest BCUT2D eigenvalue weighted by Crippen LogP contribution is -2.35. The summed E-state index contributed by atoms with van der Waals surface area (Å²) in [6, 6.07) is 3.56. The molecule has 0 bridgehead atoms. The number of amides is 1. The van der Waals surface area contributed by atoms with Crippen molar-refractivity contribution >= 4 is 17.3 Å². The fraction of sp³-hybridized carbons (Fsp3) is 0.462. The van der Waals surface area contributed by atoms with Gasteiger partial charge in [0, 0.05) is 0 Å². The molecule has 1 atom stereocenters. The number of benzene rings is 1. The average Bonchev–Trinajstić information content (AvgIpc) is 2.44. The molecule has 0 saturated heterocycles. The Kier molecular flexibility index (Phi) is 5.92. The monoisotopic (exact) mass is 281 g/mol. The third-order valence-corrected chi connectivity index (χ3v) is 2.86. The van der Waals surface area contributed by atoms with Gasteiger partial charge in [-0.2, -0.15) is 0 Å². The Morgan fingerprint density at radius 3 is 2.80 bits per heavy atom. The molecule has 0 aromatic heterocycles. The summed E-state index contributed by atoms with van der Waals surface area (Å²) in [4.78, 5) is 22.3. The van der Waals surface area contributed by atoms with Crippen LogP contribution >= 0.6 is 0 Å². The highest BCUT2D eigenvalue weighted by molar-refractivity contribution is 5.96. The predicted molar refractivity (Wildman–Crippen MR) is 75.8 cm³/mol. The molecule has 0 aliphatic rings. The van der Waals surface area contributed by atoms with E-state index in [0.717, 1.165) is 12.8 Å². The maximum atomic E-state index is 11.9. The van der Waals surface area contributed by atoms with Crippen molar-refractivity contribution in [1.82, 2.24) is 0 Å². The SMILES string of the molecule is CCCCC(N)C(=O)Nc1ccc(OC)cc1[N+](=O)[O-]. The maximum absolute atomic E-state index is 11.9. The zero-order valence-electron chi connectivity index (χ0n) is 11.6. The summed E-state index contributed by atoms with van der Waals surface area (Å²) in [5.74, 6) is -0.0725. The number of nitrogens with one attached hydrogen (secondary N) is 1. The predicted octanol–water partition coefficient (Wildman–Crippen LogP) is 2.06. The molecular formula is C13H19N3O4. The number of hydrogen-bond acceptors (Lipinski definition) is 5. The summed E-state index contributed by atoms with van der Waals surface area (Å²) >= 11 is 0. The van der Waals surface area contributed by atoms with Crippen molar-refractivity contribution in [2.75, 3.05) is 12.4 Å². The van der Waals surface area contributed by atoms with Crippen LogP contribution in [-0.2, 0) is 4.79 Å². The zero-order chi connectivity index (χ0) is 15.1. The Hall–Kier alpha value is -2.15. The summed E-state index contributed by atoms with van der Waals surface area (Å²) in [6.45, 7) is 2.00. The maximum Gasteiger partial charge on any atom is 0.296 e. The number of nitrogens with zero attached hydrogens (tertiary/aromatic N) is 1. The van der Waals surface area contributed by atoms with E-state index in [1.54, 1.807) is 6.07 Å². The summed E-state index contributed by atoms with van der Waals surface area (Å²) < 4.78 is 4.92. The van der Waals surface area contributed by atoms with E-state index in [4.69, 9.17) is 10.5 Å². The van der Waals surface area contributed by atoms with Crippen molar-refractivity contribution in [3.63, 3.8) is 0 Å². The van der Waals surface area contributed by atoms with Crippen LogP contribution < -0.4 is 15.8 Å². The van der Waals surface area contributed by atoms with Crippen LogP contribution in [0.4, 0.5) is 11.4 Å². The minimum atomic E-state index is -0.670. The Morgan fingerprint density at radius 2 is 2.25 bits per heavy atom. The van der Waals surface area contributed by atoms with Gasteiger partial charge in [0.05, 0.1) is 24.1 Å². The number of methoxy groups -OCH3 is 1. The molecular weight excluding hydrogens is 262 g/mol. The largest absolute Gasteiger partial charge is 0.496 e. The van der Waals surface area contributed by atoms with Gasteiger partial charge < -0.3 is 15.8 Å². The lowest BCUT2D eigenvalue weighted by atomic mass is 10.1. The Bertz CT molecular complexity index is 491. The quantitative estimate of drug-likeness (QED) is 0.587. The van der Waals surface area contributed by atoms with E-state index in [1.165, 1.54) is 19.2 Å². The van der Waals surface area contributed by atoms with Gasteiger partial charge in [-0.3, -0.25) is 14.9 Å². The minimum absolute atomic E-state index is 0.118. The molecule has 0 saturated carbocycles. The van der Waals surface area contributed by atoms with Crippen molar-refractivity contribution in [3.8, 4) is 5.75 Å². The number of carbonyl (C=O) groups is 1. The van der Waals surface area contributed by atoms with E-state index in [-0.39, 0.29) is 11.4 Å². The van der Waals surface area contributed by atoms with Gasteiger partial charge in [-0.15, -0.1) is 0 Å². The number of unbranched alkanes of at least 4 members (excludes halogenated alkanes) is 1. The first-order valence-corrected chi connectivity index (χ1v) is 6.38. The number of hydrogen-bond donors (Lipinski definition) is 2. The Morgan fingerprint density at radius 1 is 1.55 bits per heavy atom. The molecule has 1 unspecified atom stereocenters. The van der Waals surface area contributed by atoms with E-state index >= 15 is 0 Å². The molecule has 7 heteroatoms. The molecule has 0 radical (unpaired) electrons. The van der Waals surface area contributed by atoms with Gasteiger partial charge in [-0.25, -0.2) is 0 Å². The van der Waals surface area contributed by atoms with Crippen molar-refractivity contribution in [3.05, 3.63) is 28.3 Å². The number of nitro groups is 1. The molecule has 3 N–H and O–H groups in total. The van der Waals surface area contributed by atoms with E-state index in [2.05, 4.69) is 5.32 Å². The molecule has 1 amide bonds. The van der Waals surface area contributed by atoms with E-state index < -0.39 is 16.9 Å². The van der Waals surface area contributed by atoms with Crippen LogP contribution in [0.2, 0.25) is 0 Å². The number of anilines is 1. The van der Waals surface area contributed by atoms with E-state index in [0.29, 0.717) is 12.2 Å². The number of rotatable bonds is 7. The summed E-state index contributed by atoms with van der Waals surface area (Å²) in [6.07, 6.45) is 2.31. The first-order valence-electron chi connectivity index (χ1n) is 6.38. The molecule has 1 aromatic carbocycles. The van der Waals surface area contributed by atoms with E-state index in [9.17, 15) is 14.9 Å². The third-order valence-electron chi connectivity index (χ3n) is 2.86. The molecule has 0 spiro atoms. The van der Waals surface area contributed by atoms with Crippen molar-refractivity contribution in [2.45, 2.75) is 32.2 Å². The molecule has 20 heavy (non-hydrogen) atoms. The molecule has 110 valence electrons. The highest BCUT2D eigenvalue weighted by Crippen LogP contribution is 2.29. The molecule has 0 aliphatic carbocycles. The number of nitrogens with two attached hydrogens (primary N) is 1. The zero-order valence-corrected chi connectivity index (χ0v) is 11.6. The van der Waals surface area contributed by atoms with Crippen LogP contribution in [0.3, 0.4) is 0 Å². The van der Waals surface area contributed by atoms with Crippen molar-refractivity contribution in [2.24, 2.45) is 5.73 Å². The van der Waals surface area contributed by atoms with Crippen molar-refractivity contribution in [1.29, 1.82) is 0 Å². The molecule has 0 fully saturated rings. The second-order valence-electron chi connectivity index (χ2n) is 4.38. The second-order valence-corrected chi connectivity index (χ2v) is 4.38. The average molecular weight is 281 g/mol. The number of nitro benzene ring substituents is 1. The Labute approximate surface area is 117 Å². The number of carbonyl (C=O) groups excluding carboxylic acids is 1. The van der Waals surface area contributed by atoms with Gasteiger partial charge >= 0.3 is 0 Å². The van der Waals surface area contributed by atoms with Crippen LogP contribution in [0.15, 0.2) is 18.2 Å². The minimum Gasteiger partial charge on any atom is -0.496 e. The fourth-order valence-electron chi connectivity index (χ4n) is 1.68. The molecule has 1 rings (SSSR count). The van der Waals surface area contributed by atoms with Crippen LogP contribution in [0, 0.1) is 10.1 Å². The van der Waals surface area contributed by atoms with Gasteiger partial charge in [0.25, 0.3) is 5.69 Å². The van der Waals surface area contributed by atoms with E-state index in [1.807, 2.05) is 6.92 Å². The van der Waals surface area contributed by atoms with Gasteiger partial charge in [0.1, 0.15) is 11.4 Å². The molecule has 7 nitrogen and oxygen atoms in total. The van der Waals surface area contributed by atoms with Crippen LogP contribution in [0.1, 0.15) is 26.2 Å². The standard InChI is InChI=1S/C13H19N3O4/c1-3-4-5-10(14)13(17)15-11-7-6-9(20-2)8-12(11)16(18)19/h6-8,10H,3-5,14H2,1-2H3,(H,15,17). The fourth-order valence-corrected chi connectivity index (χ4v) is 1.68. The van der Waals surface area contributed by atoms with Crippen LogP contribution in [0.5, 0.6) is 5.75 Å². The van der Waals surface area contributed by atoms with Gasteiger partial charge in [0.15, 0.2) is 0 Å². The Balaban J connectivity index is 2.86. The molecule has 0 aliphatic heterocycles. The highest BCUT2D eigenvalue weighted by Gasteiger charge is 2.20. The molecule has 1 aromatic rings. The normalized spacial score (nSPS) is 11.8. The van der Waals surface area contributed by atoms with Gasteiger partial charge in [-0.1, -0.05) is 19.8 Å². The smallest absolute Gasteiger partial charge is 0.296 e. The van der Waals surface area contributed by atoms with Gasteiger partial charge in [-0.05, 0) is 18.6 Å². The van der Waals surface area contributed by atoms with Crippen LogP contribution in [0.25, 0.3) is 0 Å². The second kappa shape index (κ2) is 7.44. The summed E-state index contributed by atoms with van der Waals surface area (Å²) in [5, 5.41) is 13.5. The lowest BCUT2D eigenvalue weighted by Gasteiger charge is -2.12. The van der Waals surface area contributed by atoms with Gasteiger partial charge in [0.2, 0.25) is 5.91 Å². The molecule has 0 heterocycles. The topological polar surface area (TPSA) is 107 Å². The highest BCUT2D eigenvalue weighted by atomic mass is 16.6. The van der Waals surface area contributed by atoms with Crippen molar-refractivity contribution < 1.29 is 14.5 Å². The summed E-state index contributed by atoms with van der Waals surface area (Å²) in [7, 11) is 1.41. The number of ether oxygens (including phenoxy) is 1. The lowest BCUT2D eigenvalue weighted by molar-refractivity contribution is -0.384. The third kappa shape index (κ3) is 4.20. The van der Waals surface area contributed by atoms with Crippen LogP contribution in [-0.4, -0.2) is 24.0 Å². The summed E-state index contributed by atoms with van der Waals surface area (Å²) in [5.41, 5.74) is 5.62. The first kappa shape index (κ1) is 15.9.